The first kappa shape index (κ1) is 26.5. The van der Waals surface area contributed by atoms with E-state index in [0.717, 1.165) is 11.1 Å². The van der Waals surface area contributed by atoms with E-state index in [1.165, 1.54) is 6.20 Å². The van der Waals surface area contributed by atoms with Crippen molar-refractivity contribution < 1.29 is 26.3 Å². The molecule has 0 bridgehead atoms. The number of aromatic nitrogens is 1. The van der Waals surface area contributed by atoms with Crippen molar-refractivity contribution in [3.63, 3.8) is 0 Å². The fourth-order valence-electron chi connectivity index (χ4n) is 3.96. The molecule has 0 aliphatic rings. The largest absolute Gasteiger partial charge is 0.497 e. The lowest BCUT2D eigenvalue weighted by Crippen LogP contribution is -2.49. The molecule has 0 fully saturated rings. The zero-order valence-electron chi connectivity index (χ0n) is 19.9. The van der Waals surface area contributed by atoms with E-state index in [4.69, 9.17) is 4.74 Å². The van der Waals surface area contributed by atoms with E-state index in [1.807, 2.05) is 16.9 Å². The molecule has 0 saturated heterocycles. The van der Waals surface area contributed by atoms with Crippen molar-refractivity contribution in [2.45, 2.75) is 44.3 Å². The van der Waals surface area contributed by atoms with Crippen LogP contribution in [-0.2, 0) is 16.4 Å². The maximum Gasteiger partial charge on any atom is 0.406 e. The highest BCUT2D eigenvalue weighted by Gasteiger charge is 2.42. The quantitative estimate of drug-likeness (QED) is 0.430. The topological polar surface area (TPSA) is 80.3 Å². The van der Waals surface area contributed by atoms with Crippen LogP contribution in [0.15, 0.2) is 59.6 Å². The van der Waals surface area contributed by atoms with Crippen molar-refractivity contribution in [2.24, 2.45) is 0 Å². The van der Waals surface area contributed by atoms with Gasteiger partial charge in [-0.2, -0.15) is 17.9 Å². The Bertz CT molecular complexity index is 1250. The van der Waals surface area contributed by atoms with Gasteiger partial charge in [-0.25, -0.2) is 13.4 Å². The summed E-state index contributed by atoms with van der Waals surface area (Å²) in [4.78, 5) is 4.03. The molecule has 0 aliphatic carbocycles. The zero-order chi connectivity index (χ0) is 25.8. The Morgan fingerprint density at radius 1 is 1.03 bits per heavy atom. The van der Waals surface area contributed by atoms with Gasteiger partial charge in [0.2, 0.25) is 10.0 Å². The van der Waals surface area contributed by atoms with E-state index in [2.05, 4.69) is 10.3 Å². The number of benzene rings is 2. The van der Waals surface area contributed by atoms with Gasteiger partial charge in [-0.3, -0.25) is 0 Å². The number of hydrogen-bond acceptors (Lipinski definition) is 5. The average molecular weight is 508 g/mol. The third kappa shape index (κ3) is 6.73. The molecule has 35 heavy (non-hydrogen) atoms. The van der Waals surface area contributed by atoms with Crippen LogP contribution >= 0.6 is 0 Å². The molecule has 10 heteroatoms. The molecule has 1 heterocycles. The summed E-state index contributed by atoms with van der Waals surface area (Å²) in [5.41, 5.74) is 3.19. The van der Waals surface area contributed by atoms with Crippen LogP contribution in [0.5, 0.6) is 5.75 Å². The van der Waals surface area contributed by atoms with Crippen molar-refractivity contribution in [1.82, 2.24) is 9.71 Å². The molecule has 0 radical (unpaired) electrons. The summed E-state index contributed by atoms with van der Waals surface area (Å²) in [6.07, 6.45) is -2.94. The minimum absolute atomic E-state index is 0.143. The molecule has 6 nitrogen and oxygen atoms in total. The summed E-state index contributed by atoms with van der Waals surface area (Å²) in [6.45, 7) is 4.20. The van der Waals surface area contributed by atoms with Gasteiger partial charge >= 0.3 is 6.18 Å². The third-order valence-electron chi connectivity index (χ3n) is 5.48. The van der Waals surface area contributed by atoms with Gasteiger partial charge in [0.15, 0.2) is 0 Å². The molecule has 2 N–H and O–H groups in total. The molecule has 188 valence electrons. The molecule has 1 atom stereocenters. The molecule has 2 aromatic carbocycles. The highest BCUT2D eigenvalue weighted by molar-refractivity contribution is 7.89. The lowest BCUT2D eigenvalue weighted by molar-refractivity contribution is -0.148. The molecular formula is C25H28F3N3O3S. The Morgan fingerprint density at radius 2 is 1.66 bits per heavy atom. The number of hydrogen-bond donors (Lipinski definition) is 2. The molecule has 0 amide bonds. The van der Waals surface area contributed by atoms with E-state index >= 15 is 0 Å². The first-order chi connectivity index (χ1) is 16.4. The number of methoxy groups -OCH3 is 1. The number of halogens is 3. The van der Waals surface area contributed by atoms with Crippen molar-refractivity contribution in [3.05, 3.63) is 82.5 Å². The van der Waals surface area contributed by atoms with Crippen LogP contribution in [0.4, 0.5) is 19.0 Å². The second kappa shape index (κ2) is 10.7. The van der Waals surface area contributed by atoms with E-state index in [0.29, 0.717) is 28.9 Å². The molecule has 0 spiro atoms. The van der Waals surface area contributed by atoms with Crippen molar-refractivity contribution in [1.29, 1.82) is 0 Å². The molecule has 1 aromatic heterocycles. The van der Waals surface area contributed by atoms with Crippen LogP contribution in [0, 0.1) is 20.8 Å². The first-order valence-electron chi connectivity index (χ1n) is 10.9. The molecule has 0 saturated carbocycles. The maximum atomic E-state index is 13.9. The van der Waals surface area contributed by atoms with E-state index in [1.54, 1.807) is 64.3 Å². The molecular weight excluding hydrogens is 479 g/mol. The minimum atomic E-state index is -4.82. The van der Waals surface area contributed by atoms with Crippen LogP contribution in [0.1, 0.15) is 27.8 Å². The van der Waals surface area contributed by atoms with Crippen LogP contribution in [0.2, 0.25) is 0 Å². The number of sulfonamides is 1. The van der Waals surface area contributed by atoms with Gasteiger partial charge in [-0.1, -0.05) is 35.9 Å². The Labute approximate surface area is 203 Å². The van der Waals surface area contributed by atoms with E-state index < -0.39 is 28.8 Å². The summed E-state index contributed by atoms with van der Waals surface area (Å²) < 4.78 is 74.5. The van der Waals surface area contributed by atoms with Crippen LogP contribution in [0.25, 0.3) is 0 Å². The summed E-state index contributed by atoms with van der Waals surface area (Å²) in [6, 6.07) is 11.6. The highest BCUT2D eigenvalue weighted by Crippen LogP contribution is 2.27. The Kier molecular flexibility index (Phi) is 8.07. The normalized spacial score (nSPS) is 12.9. The van der Waals surface area contributed by atoms with Crippen molar-refractivity contribution in [3.8, 4) is 5.75 Å². The van der Waals surface area contributed by atoms with Gasteiger partial charge in [-0.05, 0) is 61.2 Å². The number of nitrogens with one attached hydrogen (secondary N) is 2. The third-order valence-corrected chi connectivity index (χ3v) is 7.26. The van der Waals surface area contributed by atoms with Crippen LogP contribution < -0.4 is 14.8 Å². The first-order valence-corrected chi connectivity index (χ1v) is 12.4. The number of anilines is 1. The van der Waals surface area contributed by atoms with Gasteiger partial charge in [0.05, 0.1) is 12.0 Å². The Hall–Kier alpha value is -3.11. The Balaban J connectivity index is 1.81. The molecule has 1 unspecified atom stereocenters. The number of alkyl halides is 3. The number of pyridine rings is 1. The van der Waals surface area contributed by atoms with E-state index in [-0.39, 0.29) is 10.7 Å². The Morgan fingerprint density at radius 3 is 2.23 bits per heavy atom. The van der Waals surface area contributed by atoms with E-state index in [9.17, 15) is 21.6 Å². The maximum absolute atomic E-state index is 13.9. The monoisotopic (exact) mass is 507 g/mol. The van der Waals surface area contributed by atoms with Crippen LogP contribution in [0.3, 0.4) is 0 Å². The van der Waals surface area contributed by atoms with Crippen molar-refractivity contribution in [2.75, 3.05) is 19.0 Å². The van der Waals surface area contributed by atoms with Gasteiger partial charge in [0.25, 0.3) is 0 Å². The molecule has 0 aliphatic heterocycles. The second-order valence-electron chi connectivity index (χ2n) is 8.36. The fourth-order valence-corrected chi connectivity index (χ4v) is 5.64. The minimum Gasteiger partial charge on any atom is -0.497 e. The smallest absolute Gasteiger partial charge is 0.406 e. The van der Waals surface area contributed by atoms with Gasteiger partial charge in [0, 0.05) is 19.2 Å². The van der Waals surface area contributed by atoms with Gasteiger partial charge in [-0.15, -0.1) is 0 Å². The predicted molar refractivity (Wildman–Crippen MR) is 129 cm³/mol. The summed E-state index contributed by atoms with van der Waals surface area (Å²) in [5.74, 6) is 0.942. The standard InChI is InChI=1S/C25H28F3N3O3S/c1-16-12-17(2)23(18(3)13-16)35(32,33)31-22(25(26,27)28)15-30-24-20(6-5-11-29-24)14-19-7-9-21(34-4)10-8-19/h5-13,22,31H,14-15H2,1-4H3,(H,29,30). The summed E-state index contributed by atoms with van der Waals surface area (Å²) in [7, 11) is -2.87. The lowest BCUT2D eigenvalue weighted by atomic mass is 10.1. The number of rotatable bonds is 9. The molecule has 3 rings (SSSR count). The number of aryl methyl sites for hydroxylation is 3. The lowest BCUT2D eigenvalue weighted by Gasteiger charge is -2.24. The average Bonchev–Trinajstić information content (AvgIpc) is 2.76. The number of ether oxygens (including phenoxy) is 1. The van der Waals surface area contributed by atoms with Gasteiger partial charge in [0.1, 0.15) is 17.6 Å². The molecule has 3 aromatic rings. The summed E-state index contributed by atoms with van der Waals surface area (Å²) in [5, 5.41) is 2.69. The summed E-state index contributed by atoms with van der Waals surface area (Å²) >= 11 is 0. The van der Waals surface area contributed by atoms with Crippen molar-refractivity contribution >= 4 is 15.8 Å². The predicted octanol–water partition coefficient (Wildman–Crippen LogP) is 4.93. The fraction of sp³-hybridized carbons (Fsp3) is 0.320. The van der Waals surface area contributed by atoms with Gasteiger partial charge < -0.3 is 10.1 Å². The second-order valence-corrected chi connectivity index (χ2v) is 10.0. The zero-order valence-corrected chi connectivity index (χ0v) is 20.7. The number of nitrogens with zero attached hydrogens (tertiary/aromatic N) is 1. The highest BCUT2D eigenvalue weighted by atomic mass is 32.2. The SMILES string of the molecule is COc1ccc(Cc2cccnc2NCC(NS(=O)(=O)c2c(C)cc(C)cc2C)C(F)(F)F)cc1. The van der Waals surface area contributed by atoms with Crippen LogP contribution in [-0.4, -0.2) is 39.3 Å².